The molecule has 1 aromatic carbocycles. The summed E-state index contributed by atoms with van der Waals surface area (Å²) in [5.74, 6) is -1.18. The third-order valence-electron chi connectivity index (χ3n) is 2.16. The molecule has 0 amide bonds. The zero-order valence-corrected chi connectivity index (χ0v) is 9.34. The molecule has 0 unspecified atom stereocenters. The van der Waals surface area contributed by atoms with Crippen LogP contribution in [-0.4, -0.2) is 16.2 Å². The number of phenolic OH excluding ortho intramolecular Hbond substituents is 1. The fourth-order valence-electron chi connectivity index (χ4n) is 1.25. The highest BCUT2D eigenvalue weighted by molar-refractivity contribution is 9.10. The van der Waals surface area contributed by atoms with Crippen molar-refractivity contribution in [3.05, 3.63) is 21.2 Å². The first-order valence-electron chi connectivity index (χ1n) is 3.88. The van der Waals surface area contributed by atoms with Crippen LogP contribution in [0.1, 0.15) is 21.5 Å². The SMILES string of the molecule is Cc1c(N)c(Br)c(C(=O)O)c(C)c1O. The van der Waals surface area contributed by atoms with E-state index in [0.29, 0.717) is 15.6 Å². The van der Waals surface area contributed by atoms with E-state index >= 15 is 0 Å². The van der Waals surface area contributed by atoms with Gasteiger partial charge in [0.1, 0.15) is 5.75 Å². The molecule has 0 aliphatic carbocycles. The lowest BCUT2D eigenvalue weighted by Gasteiger charge is -2.12. The minimum Gasteiger partial charge on any atom is -0.507 e. The number of anilines is 1. The predicted molar refractivity (Wildman–Crippen MR) is 56.7 cm³/mol. The molecular weight excluding hydrogens is 250 g/mol. The van der Waals surface area contributed by atoms with Crippen molar-refractivity contribution in [2.45, 2.75) is 13.8 Å². The molecule has 1 rings (SSSR count). The second kappa shape index (κ2) is 3.49. The number of rotatable bonds is 1. The fraction of sp³-hybridized carbons (Fsp3) is 0.222. The number of hydrogen-bond acceptors (Lipinski definition) is 3. The minimum atomic E-state index is -1.11. The summed E-state index contributed by atoms with van der Waals surface area (Å²) < 4.78 is 0.317. The average Bonchev–Trinajstić information content (AvgIpc) is 2.11. The number of benzene rings is 1. The topological polar surface area (TPSA) is 83.6 Å². The van der Waals surface area contributed by atoms with Crippen LogP contribution in [0.5, 0.6) is 5.75 Å². The molecule has 0 aliphatic heterocycles. The molecule has 5 heteroatoms. The quantitative estimate of drug-likeness (QED) is 0.675. The lowest BCUT2D eigenvalue weighted by molar-refractivity contribution is 0.0694. The molecule has 76 valence electrons. The first kappa shape index (κ1) is 10.8. The summed E-state index contributed by atoms with van der Waals surface area (Å²) in [6.45, 7) is 3.17. The van der Waals surface area contributed by atoms with Gasteiger partial charge in [0.15, 0.2) is 0 Å². The van der Waals surface area contributed by atoms with Crippen LogP contribution >= 0.6 is 15.9 Å². The number of hydrogen-bond donors (Lipinski definition) is 3. The van der Waals surface area contributed by atoms with E-state index in [2.05, 4.69) is 15.9 Å². The molecule has 4 N–H and O–H groups in total. The van der Waals surface area contributed by atoms with Crippen LogP contribution in [0.15, 0.2) is 4.47 Å². The summed E-state index contributed by atoms with van der Waals surface area (Å²) in [6.07, 6.45) is 0. The Labute approximate surface area is 89.5 Å². The van der Waals surface area contributed by atoms with Crippen LogP contribution in [0.2, 0.25) is 0 Å². The Morgan fingerprint density at radius 3 is 2.29 bits per heavy atom. The van der Waals surface area contributed by atoms with Gasteiger partial charge in [0.2, 0.25) is 0 Å². The van der Waals surface area contributed by atoms with Crippen molar-refractivity contribution in [2.75, 3.05) is 5.73 Å². The third kappa shape index (κ3) is 1.43. The molecule has 1 aromatic rings. The highest BCUT2D eigenvalue weighted by Crippen LogP contribution is 2.37. The number of carboxylic acids is 1. The van der Waals surface area contributed by atoms with Crippen LogP contribution in [-0.2, 0) is 0 Å². The van der Waals surface area contributed by atoms with E-state index in [1.807, 2.05) is 0 Å². The van der Waals surface area contributed by atoms with Gasteiger partial charge in [-0.15, -0.1) is 0 Å². The van der Waals surface area contributed by atoms with Gasteiger partial charge in [-0.1, -0.05) is 0 Å². The molecule has 0 bridgehead atoms. The van der Waals surface area contributed by atoms with E-state index in [1.165, 1.54) is 6.92 Å². The van der Waals surface area contributed by atoms with Gasteiger partial charge < -0.3 is 15.9 Å². The Hall–Kier alpha value is -1.23. The van der Waals surface area contributed by atoms with E-state index in [0.717, 1.165) is 0 Å². The Morgan fingerprint density at radius 1 is 1.36 bits per heavy atom. The van der Waals surface area contributed by atoms with E-state index in [1.54, 1.807) is 6.92 Å². The maximum Gasteiger partial charge on any atom is 0.337 e. The zero-order chi connectivity index (χ0) is 11.0. The van der Waals surface area contributed by atoms with Crippen LogP contribution in [0.3, 0.4) is 0 Å². The normalized spacial score (nSPS) is 10.2. The summed E-state index contributed by atoms with van der Waals surface area (Å²) in [5.41, 5.74) is 6.68. The fourth-order valence-corrected chi connectivity index (χ4v) is 2.01. The lowest BCUT2D eigenvalue weighted by atomic mass is 10.0. The van der Waals surface area contributed by atoms with Crippen LogP contribution < -0.4 is 5.73 Å². The molecule has 0 heterocycles. The number of aromatic carboxylic acids is 1. The molecule has 0 fully saturated rings. The first-order chi connectivity index (χ1) is 6.37. The molecule has 0 aromatic heterocycles. The Kier molecular flexibility index (Phi) is 2.71. The Bertz CT molecular complexity index is 386. The van der Waals surface area contributed by atoms with Gasteiger partial charge >= 0.3 is 5.97 Å². The van der Waals surface area contributed by atoms with E-state index in [9.17, 15) is 9.90 Å². The second-order valence-corrected chi connectivity index (χ2v) is 3.80. The number of nitrogen functional groups attached to an aromatic ring is 1. The van der Waals surface area contributed by atoms with Crippen LogP contribution in [0.25, 0.3) is 0 Å². The van der Waals surface area contributed by atoms with Gasteiger partial charge in [-0.05, 0) is 29.8 Å². The van der Waals surface area contributed by atoms with Crippen molar-refractivity contribution in [1.82, 2.24) is 0 Å². The van der Waals surface area contributed by atoms with Gasteiger partial charge in [-0.2, -0.15) is 0 Å². The maximum atomic E-state index is 10.9. The molecule has 0 atom stereocenters. The number of nitrogens with two attached hydrogens (primary N) is 1. The molecule has 0 spiro atoms. The summed E-state index contributed by atoms with van der Waals surface area (Å²) >= 11 is 3.10. The highest BCUT2D eigenvalue weighted by Gasteiger charge is 2.20. The van der Waals surface area contributed by atoms with Crippen molar-refractivity contribution in [3.63, 3.8) is 0 Å². The van der Waals surface area contributed by atoms with Gasteiger partial charge in [0.25, 0.3) is 0 Å². The summed E-state index contributed by atoms with van der Waals surface area (Å²) in [4.78, 5) is 10.9. The molecule has 0 saturated carbocycles. The van der Waals surface area contributed by atoms with Crippen molar-refractivity contribution >= 4 is 27.6 Å². The summed E-state index contributed by atoms with van der Waals surface area (Å²) in [7, 11) is 0. The molecule has 0 radical (unpaired) electrons. The molecule has 0 aliphatic rings. The molecule has 0 saturated heterocycles. The molecule has 14 heavy (non-hydrogen) atoms. The van der Waals surface area contributed by atoms with Gasteiger partial charge in [-0.25, -0.2) is 4.79 Å². The van der Waals surface area contributed by atoms with Crippen molar-refractivity contribution in [3.8, 4) is 5.75 Å². The summed E-state index contributed by atoms with van der Waals surface area (Å²) in [5, 5.41) is 18.5. The molecular formula is C9H10BrNO3. The largest absolute Gasteiger partial charge is 0.507 e. The number of carbonyl (C=O) groups is 1. The summed E-state index contributed by atoms with van der Waals surface area (Å²) in [6, 6.07) is 0. The van der Waals surface area contributed by atoms with Crippen molar-refractivity contribution < 1.29 is 15.0 Å². The molecule has 4 nitrogen and oxygen atoms in total. The van der Waals surface area contributed by atoms with Crippen LogP contribution in [0.4, 0.5) is 5.69 Å². The highest BCUT2D eigenvalue weighted by atomic mass is 79.9. The minimum absolute atomic E-state index is 0.00519. The van der Waals surface area contributed by atoms with Gasteiger partial charge in [0.05, 0.1) is 15.7 Å². The lowest BCUT2D eigenvalue weighted by Crippen LogP contribution is -2.05. The van der Waals surface area contributed by atoms with Crippen molar-refractivity contribution in [2.24, 2.45) is 0 Å². The third-order valence-corrected chi connectivity index (χ3v) is 2.98. The Balaban J connectivity index is 3.68. The Morgan fingerprint density at radius 2 is 1.86 bits per heavy atom. The number of carboxylic acid groups (broad SMARTS) is 1. The van der Waals surface area contributed by atoms with Gasteiger partial charge in [0, 0.05) is 11.1 Å². The van der Waals surface area contributed by atoms with E-state index < -0.39 is 5.97 Å². The second-order valence-electron chi connectivity index (χ2n) is 3.01. The van der Waals surface area contributed by atoms with E-state index in [-0.39, 0.29) is 17.0 Å². The number of halogens is 1. The predicted octanol–water partition coefficient (Wildman–Crippen LogP) is 2.05. The number of aromatic hydroxyl groups is 1. The zero-order valence-electron chi connectivity index (χ0n) is 7.76. The van der Waals surface area contributed by atoms with Crippen molar-refractivity contribution in [1.29, 1.82) is 0 Å². The maximum absolute atomic E-state index is 10.9. The first-order valence-corrected chi connectivity index (χ1v) is 4.67. The number of phenols is 1. The van der Waals surface area contributed by atoms with Gasteiger partial charge in [-0.3, -0.25) is 0 Å². The standard InChI is InChI=1S/C9H10BrNO3/c1-3-5(9(13)14)6(10)7(11)4(2)8(3)12/h12H,11H2,1-2H3,(H,13,14). The smallest absolute Gasteiger partial charge is 0.337 e. The van der Waals surface area contributed by atoms with E-state index in [4.69, 9.17) is 10.8 Å². The van der Waals surface area contributed by atoms with Crippen LogP contribution in [0, 0.1) is 13.8 Å². The average molecular weight is 260 g/mol. The monoisotopic (exact) mass is 259 g/mol.